The van der Waals surface area contributed by atoms with Crippen LogP contribution in [0.25, 0.3) is 0 Å². The molecule has 0 radical (unpaired) electrons. The molecule has 0 spiro atoms. The van der Waals surface area contributed by atoms with Crippen LogP contribution in [0.1, 0.15) is 42.6 Å². The first-order valence-corrected chi connectivity index (χ1v) is 7.71. The quantitative estimate of drug-likeness (QED) is 0.791. The van der Waals surface area contributed by atoms with E-state index >= 15 is 0 Å². The lowest BCUT2D eigenvalue weighted by molar-refractivity contribution is -0.114. The SMILES string of the molecule is CC(=O)c1ccc(NC(=O)CNc2ccccc2C(C)C)cc1. The van der Waals surface area contributed by atoms with E-state index in [0.29, 0.717) is 17.2 Å². The summed E-state index contributed by atoms with van der Waals surface area (Å²) in [4.78, 5) is 23.3. The number of hydrogen-bond donors (Lipinski definition) is 2. The maximum Gasteiger partial charge on any atom is 0.243 e. The Kier molecular flexibility index (Phi) is 5.52. The van der Waals surface area contributed by atoms with Crippen molar-refractivity contribution in [3.63, 3.8) is 0 Å². The number of para-hydroxylation sites is 1. The third-order valence-corrected chi connectivity index (χ3v) is 3.60. The summed E-state index contributed by atoms with van der Waals surface area (Å²) in [5, 5.41) is 5.99. The molecule has 0 bridgehead atoms. The third-order valence-electron chi connectivity index (χ3n) is 3.60. The van der Waals surface area contributed by atoms with E-state index in [2.05, 4.69) is 30.5 Å². The Hall–Kier alpha value is -2.62. The van der Waals surface area contributed by atoms with Crippen molar-refractivity contribution in [2.24, 2.45) is 0 Å². The second kappa shape index (κ2) is 7.58. The molecule has 0 aliphatic rings. The van der Waals surface area contributed by atoms with E-state index in [4.69, 9.17) is 0 Å². The van der Waals surface area contributed by atoms with Crippen LogP contribution in [0.4, 0.5) is 11.4 Å². The highest BCUT2D eigenvalue weighted by Gasteiger charge is 2.08. The van der Waals surface area contributed by atoms with Gasteiger partial charge in [0.05, 0.1) is 6.54 Å². The molecule has 2 aromatic rings. The second-order valence-electron chi connectivity index (χ2n) is 5.78. The minimum absolute atomic E-state index is 0.00911. The highest BCUT2D eigenvalue weighted by atomic mass is 16.2. The molecule has 0 aliphatic carbocycles. The molecule has 0 aromatic heterocycles. The molecular formula is C19H22N2O2. The normalized spacial score (nSPS) is 10.4. The van der Waals surface area contributed by atoms with Crippen molar-refractivity contribution in [1.29, 1.82) is 0 Å². The first kappa shape index (κ1) is 16.7. The zero-order valence-corrected chi connectivity index (χ0v) is 13.7. The van der Waals surface area contributed by atoms with Crippen LogP contribution in [0.2, 0.25) is 0 Å². The monoisotopic (exact) mass is 310 g/mol. The van der Waals surface area contributed by atoms with Crippen LogP contribution in [0.15, 0.2) is 48.5 Å². The maximum absolute atomic E-state index is 12.0. The van der Waals surface area contributed by atoms with Crippen LogP contribution < -0.4 is 10.6 Å². The number of Topliss-reactive ketones (excluding diaryl/α,β-unsaturated/α-hetero) is 1. The number of rotatable bonds is 6. The van der Waals surface area contributed by atoms with Gasteiger partial charge in [0.15, 0.2) is 5.78 Å². The lowest BCUT2D eigenvalue weighted by Crippen LogP contribution is -2.22. The molecule has 0 fully saturated rings. The number of hydrogen-bond acceptors (Lipinski definition) is 3. The smallest absolute Gasteiger partial charge is 0.243 e. The van der Waals surface area contributed by atoms with Crippen molar-refractivity contribution in [1.82, 2.24) is 0 Å². The molecule has 2 N–H and O–H groups in total. The fourth-order valence-corrected chi connectivity index (χ4v) is 2.33. The van der Waals surface area contributed by atoms with Gasteiger partial charge in [0.2, 0.25) is 5.91 Å². The summed E-state index contributed by atoms with van der Waals surface area (Å²) in [6.07, 6.45) is 0. The summed E-state index contributed by atoms with van der Waals surface area (Å²) >= 11 is 0. The molecule has 0 saturated carbocycles. The van der Waals surface area contributed by atoms with Gasteiger partial charge < -0.3 is 10.6 Å². The number of benzene rings is 2. The first-order chi connectivity index (χ1) is 11.0. The topological polar surface area (TPSA) is 58.2 Å². The van der Waals surface area contributed by atoms with Crippen LogP contribution in [-0.2, 0) is 4.79 Å². The van der Waals surface area contributed by atoms with E-state index in [0.717, 1.165) is 5.69 Å². The average Bonchev–Trinajstić information content (AvgIpc) is 2.53. The van der Waals surface area contributed by atoms with Crippen molar-refractivity contribution in [3.05, 3.63) is 59.7 Å². The summed E-state index contributed by atoms with van der Waals surface area (Å²) in [5.41, 5.74) is 3.47. The van der Waals surface area contributed by atoms with Crippen LogP contribution in [0.5, 0.6) is 0 Å². The summed E-state index contributed by atoms with van der Waals surface area (Å²) in [5.74, 6) is 0.273. The Morgan fingerprint density at radius 1 is 1.00 bits per heavy atom. The fourth-order valence-electron chi connectivity index (χ4n) is 2.33. The van der Waals surface area contributed by atoms with Gasteiger partial charge >= 0.3 is 0 Å². The van der Waals surface area contributed by atoms with Gasteiger partial charge in [-0.15, -0.1) is 0 Å². The predicted octanol–water partition coefficient (Wildman–Crippen LogP) is 4.06. The molecule has 1 amide bonds. The van der Waals surface area contributed by atoms with Gasteiger partial charge in [-0.05, 0) is 48.7 Å². The Bertz CT molecular complexity index is 691. The van der Waals surface area contributed by atoms with Crippen LogP contribution >= 0.6 is 0 Å². The van der Waals surface area contributed by atoms with Crippen LogP contribution in [0, 0.1) is 0 Å². The number of anilines is 2. The number of ketones is 1. The predicted molar refractivity (Wildman–Crippen MR) is 94.1 cm³/mol. The van der Waals surface area contributed by atoms with Gasteiger partial charge in [-0.1, -0.05) is 32.0 Å². The first-order valence-electron chi connectivity index (χ1n) is 7.71. The molecule has 0 unspecified atom stereocenters. The molecule has 23 heavy (non-hydrogen) atoms. The van der Waals surface area contributed by atoms with Crippen LogP contribution in [-0.4, -0.2) is 18.2 Å². The fraction of sp³-hybridized carbons (Fsp3) is 0.263. The highest BCUT2D eigenvalue weighted by molar-refractivity contribution is 5.96. The standard InChI is InChI=1S/C19H22N2O2/c1-13(2)17-6-4-5-7-18(17)20-12-19(23)21-16-10-8-15(9-11-16)14(3)22/h4-11,13,20H,12H2,1-3H3,(H,21,23). The van der Waals surface area contributed by atoms with Gasteiger partial charge in [0, 0.05) is 16.9 Å². The van der Waals surface area contributed by atoms with E-state index in [-0.39, 0.29) is 18.2 Å². The van der Waals surface area contributed by atoms with Crippen molar-refractivity contribution in [3.8, 4) is 0 Å². The number of carbonyl (C=O) groups is 2. The lowest BCUT2D eigenvalue weighted by atomic mass is 10.0. The molecule has 4 nitrogen and oxygen atoms in total. The zero-order chi connectivity index (χ0) is 16.8. The molecule has 2 aromatic carbocycles. The lowest BCUT2D eigenvalue weighted by Gasteiger charge is -2.14. The third kappa shape index (κ3) is 4.68. The largest absolute Gasteiger partial charge is 0.376 e. The van der Waals surface area contributed by atoms with E-state index in [1.807, 2.05) is 18.2 Å². The van der Waals surface area contributed by atoms with Gasteiger partial charge in [0.1, 0.15) is 0 Å². The Balaban J connectivity index is 1.94. The minimum Gasteiger partial charge on any atom is -0.376 e. The number of nitrogens with one attached hydrogen (secondary N) is 2. The van der Waals surface area contributed by atoms with E-state index < -0.39 is 0 Å². The molecule has 0 saturated heterocycles. The molecule has 0 aliphatic heterocycles. The van der Waals surface area contributed by atoms with Gasteiger partial charge in [0.25, 0.3) is 0 Å². The second-order valence-corrected chi connectivity index (χ2v) is 5.78. The van der Waals surface area contributed by atoms with E-state index in [1.54, 1.807) is 24.3 Å². The van der Waals surface area contributed by atoms with Gasteiger partial charge in [-0.3, -0.25) is 9.59 Å². The highest BCUT2D eigenvalue weighted by Crippen LogP contribution is 2.23. The maximum atomic E-state index is 12.0. The molecular weight excluding hydrogens is 288 g/mol. The van der Waals surface area contributed by atoms with Crippen molar-refractivity contribution < 1.29 is 9.59 Å². The van der Waals surface area contributed by atoms with Crippen molar-refractivity contribution in [2.45, 2.75) is 26.7 Å². The Labute approximate surface area is 136 Å². The molecule has 0 atom stereocenters. The van der Waals surface area contributed by atoms with E-state index in [9.17, 15) is 9.59 Å². The number of amides is 1. The summed E-state index contributed by atoms with van der Waals surface area (Å²) in [6, 6.07) is 14.9. The van der Waals surface area contributed by atoms with Crippen molar-refractivity contribution >= 4 is 23.1 Å². The van der Waals surface area contributed by atoms with E-state index in [1.165, 1.54) is 12.5 Å². The van der Waals surface area contributed by atoms with Gasteiger partial charge in [-0.25, -0.2) is 0 Å². The number of carbonyl (C=O) groups excluding carboxylic acids is 2. The van der Waals surface area contributed by atoms with Crippen LogP contribution in [0.3, 0.4) is 0 Å². The van der Waals surface area contributed by atoms with Gasteiger partial charge in [-0.2, -0.15) is 0 Å². The molecule has 0 heterocycles. The summed E-state index contributed by atoms with van der Waals surface area (Å²) in [6.45, 7) is 5.95. The average molecular weight is 310 g/mol. The minimum atomic E-state index is -0.126. The zero-order valence-electron chi connectivity index (χ0n) is 13.7. The molecule has 2 rings (SSSR count). The van der Waals surface area contributed by atoms with Crippen molar-refractivity contribution in [2.75, 3.05) is 17.2 Å². The Morgan fingerprint density at radius 3 is 2.26 bits per heavy atom. The molecule has 120 valence electrons. The Morgan fingerprint density at radius 2 is 1.65 bits per heavy atom. The summed E-state index contributed by atoms with van der Waals surface area (Å²) < 4.78 is 0. The summed E-state index contributed by atoms with van der Waals surface area (Å²) in [7, 11) is 0. The molecule has 4 heteroatoms.